The normalized spacial score (nSPS) is 11.6. The molecule has 0 fully saturated rings. The highest BCUT2D eigenvalue weighted by molar-refractivity contribution is 7.99. The molecule has 25 heavy (non-hydrogen) atoms. The summed E-state index contributed by atoms with van der Waals surface area (Å²) in [6.45, 7) is 1.87. The zero-order valence-corrected chi connectivity index (χ0v) is 15.1. The number of nitrogens with one attached hydrogen (secondary N) is 1. The third kappa shape index (κ3) is 5.15. The van der Waals surface area contributed by atoms with Crippen molar-refractivity contribution in [1.29, 1.82) is 0 Å². The van der Waals surface area contributed by atoms with Crippen molar-refractivity contribution in [2.75, 3.05) is 31.4 Å². The first-order chi connectivity index (χ1) is 11.9. The molecule has 0 saturated heterocycles. The molecule has 0 aliphatic rings. The number of nitrogen functional groups attached to an aromatic ring is 2. The van der Waals surface area contributed by atoms with Gasteiger partial charge in [0.25, 0.3) is 0 Å². The molecular formula is C16H21N5O3S. The fraction of sp³-hybridized carbons (Fsp3) is 0.312. The highest BCUT2D eigenvalue weighted by Crippen LogP contribution is 2.29. The van der Waals surface area contributed by atoms with Crippen LogP contribution in [0.1, 0.15) is 18.5 Å². The Kier molecular flexibility index (Phi) is 6.29. The first-order valence-electron chi connectivity index (χ1n) is 7.47. The SMILES string of the molecule is COc1ccc(OC)c([C@@H](C)NC(=O)CSc2nc(N)cc(N)n2)c1. The van der Waals surface area contributed by atoms with E-state index >= 15 is 0 Å². The van der Waals surface area contributed by atoms with Gasteiger partial charge < -0.3 is 26.3 Å². The van der Waals surface area contributed by atoms with Gasteiger partial charge in [0.05, 0.1) is 26.0 Å². The van der Waals surface area contributed by atoms with Crippen molar-refractivity contribution in [2.45, 2.75) is 18.1 Å². The minimum atomic E-state index is -0.259. The van der Waals surface area contributed by atoms with Gasteiger partial charge in [-0.1, -0.05) is 11.8 Å². The third-order valence-corrected chi connectivity index (χ3v) is 4.21. The number of carbonyl (C=O) groups is 1. The lowest BCUT2D eigenvalue weighted by Crippen LogP contribution is -2.28. The number of rotatable bonds is 7. The molecule has 0 bridgehead atoms. The highest BCUT2D eigenvalue weighted by Gasteiger charge is 2.16. The van der Waals surface area contributed by atoms with Crippen LogP contribution in [0.5, 0.6) is 11.5 Å². The molecule has 8 nitrogen and oxygen atoms in total. The van der Waals surface area contributed by atoms with E-state index in [-0.39, 0.29) is 29.3 Å². The topological polar surface area (TPSA) is 125 Å². The summed E-state index contributed by atoms with van der Waals surface area (Å²) in [5.41, 5.74) is 12.0. The zero-order chi connectivity index (χ0) is 18.4. The number of ether oxygens (including phenoxy) is 2. The van der Waals surface area contributed by atoms with Crippen LogP contribution in [-0.4, -0.2) is 35.8 Å². The number of benzene rings is 1. The van der Waals surface area contributed by atoms with Gasteiger partial charge in [-0.15, -0.1) is 0 Å². The number of nitrogens with zero attached hydrogens (tertiary/aromatic N) is 2. The lowest BCUT2D eigenvalue weighted by atomic mass is 10.1. The molecule has 1 heterocycles. The highest BCUT2D eigenvalue weighted by atomic mass is 32.2. The fourth-order valence-corrected chi connectivity index (χ4v) is 2.88. The van der Waals surface area contributed by atoms with Gasteiger partial charge in [-0.05, 0) is 25.1 Å². The third-order valence-electron chi connectivity index (χ3n) is 3.36. The summed E-state index contributed by atoms with van der Waals surface area (Å²) in [5, 5.41) is 3.27. The van der Waals surface area contributed by atoms with E-state index < -0.39 is 0 Å². The van der Waals surface area contributed by atoms with Gasteiger partial charge >= 0.3 is 0 Å². The Hall–Kier alpha value is -2.68. The Morgan fingerprint density at radius 3 is 2.48 bits per heavy atom. The van der Waals surface area contributed by atoms with Crippen molar-refractivity contribution in [3.63, 3.8) is 0 Å². The smallest absolute Gasteiger partial charge is 0.230 e. The van der Waals surface area contributed by atoms with Crippen molar-refractivity contribution in [1.82, 2.24) is 15.3 Å². The van der Waals surface area contributed by atoms with Gasteiger partial charge in [0.2, 0.25) is 5.91 Å². The van der Waals surface area contributed by atoms with E-state index in [9.17, 15) is 4.79 Å². The quantitative estimate of drug-likeness (QED) is 0.500. The van der Waals surface area contributed by atoms with Crippen LogP contribution in [0.15, 0.2) is 29.4 Å². The maximum Gasteiger partial charge on any atom is 0.230 e. The largest absolute Gasteiger partial charge is 0.497 e. The average molecular weight is 363 g/mol. The molecule has 2 rings (SSSR count). The lowest BCUT2D eigenvalue weighted by Gasteiger charge is -2.18. The summed E-state index contributed by atoms with van der Waals surface area (Å²) in [5.74, 6) is 1.87. The summed E-state index contributed by atoms with van der Waals surface area (Å²) in [6, 6.07) is 6.63. The van der Waals surface area contributed by atoms with E-state index in [1.807, 2.05) is 13.0 Å². The summed E-state index contributed by atoms with van der Waals surface area (Å²) in [7, 11) is 3.17. The van der Waals surface area contributed by atoms with Gasteiger partial charge in [0, 0.05) is 11.6 Å². The molecule has 0 radical (unpaired) electrons. The molecule has 134 valence electrons. The van der Waals surface area contributed by atoms with E-state index in [4.69, 9.17) is 20.9 Å². The Morgan fingerprint density at radius 2 is 1.88 bits per heavy atom. The summed E-state index contributed by atoms with van der Waals surface area (Å²) in [4.78, 5) is 20.3. The number of amides is 1. The number of aromatic nitrogens is 2. The molecule has 9 heteroatoms. The van der Waals surface area contributed by atoms with Crippen LogP contribution in [0, 0.1) is 0 Å². The van der Waals surface area contributed by atoms with Gasteiger partial charge in [0.15, 0.2) is 5.16 Å². The lowest BCUT2D eigenvalue weighted by molar-refractivity contribution is -0.119. The van der Waals surface area contributed by atoms with E-state index in [0.717, 1.165) is 17.3 Å². The van der Waals surface area contributed by atoms with Crippen LogP contribution in [0.3, 0.4) is 0 Å². The summed E-state index contributed by atoms with van der Waals surface area (Å²) in [6.07, 6.45) is 0. The average Bonchev–Trinajstić information content (AvgIpc) is 2.58. The fourth-order valence-electron chi connectivity index (χ4n) is 2.20. The zero-order valence-electron chi connectivity index (χ0n) is 14.3. The van der Waals surface area contributed by atoms with Gasteiger partial charge in [-0.25, -0.2) is 9.97 Å². The number of methoxy groups -OCH3 is 2. The predicted octanol–water partition coefficient (Wildman–Crippen LogP) is 1.63. The maximum absolute atomic E-state index is 12.2. The standard InChI is InChI=1S/C16H21N5O3S/c1-9(11-6-10(23-2)4-5-12(11)24-3)19-15(22)8-25-16-20-13(17)7-14(18)21-16/h4-7,9H,8H2,1-3H3,(H,19,22)(H4,17,18,20,21)/t9-/m1/s1. The van der Waals surface area contributed by atoms with E-state index in [0.29, 0.717) is 16.7 Å². The van der Waals surface area contributed by atoms with Crippen LogP contribution in [0.4, 0.5) is 11.6 Å². The molecule has 0 spiro atoms. The van der Waals surface area contributed by atoms with Gasteiger partial charge in [-0.3, -0.25) is 4.79 Å². The van der Waals surface area contributed by atoms with Crippen molar-refractivity contribution < 1.29 is 14.3 Å². The van der Waals surface area contributed by atoms with Crippen LogP contribution < -0.4 is 26.3 Å². The summed E-state index contributed by atoms with van der Waals surface area (Å²) < 4.78 is 10.6. The molecule has 0 aliphatic carbocycles. The molecule has 1 aromatic carbocycles. The minimum absolute atomic E-state index is 0.138. The number of anilines is 2. The molecular weight excluding hydrogens is 342 g/mol. The second-order valence-electron chi connectivity index (χ2n) is 5.19. The van der Waals surface area contributed by atoms with E-state index in [2.05, 4.69) is 15.3 Å². The molecule has 1 aromatic heterocycles. The van der Waals surface area contributed by atoms with Crippen molar-refractivity contribution in [2.24, 2.45) is 0 Å². The number of hydrogen-bond acceptors (Lipinski definition) is 8. The first kappa shape index (κ1) is 18.7. The first-order valence-corrected chi connectivity index (χ1v) is 8.45. The van der Waals surface area contributed by atoms with Gasteiger partial charge in [-0.2, -0.15) is 0 Å². The van der Waals surface area contributed by atoms with Crippen LogP contribution >= 0.6 is 11.8 Å². The Morgan fingerprint density at radius 1 is 1.20 bits per heavy atom. The maximum atomic E-state index is 12.2. The second-order valence-corrected chi connectivity index (χ2v) is 6.13. The van der Waals surface area contributed by atoms with E-state index in [1.165, 1.54) is 6.07 Å². The monoisotopic (exact) mass is 363 g/mol. The number of hydrogen-bond donors (Lipinski definition) is 3. The molecule has 0 saturated carbocycles. The molecule has 1 atom stereocenters. The molecule has 5 N–H and O–H groups in total. The molecule has 1 amide bonds. The minimum Gasteiger partial charge on any atom is -0.497 e. The van der Waals surface area contributed by atoms with Crippen molar-refractivity contribution in [3.05, 3.63) is 29.8 Å². The molecule has 2 aromatic rings. The number of nitrogens with two attached hydrogens (primary N) is 2. The Labute approximate surface area is 150 Å². The number of carbonyl (C=O) groups excluding carboxylic acids is 1. The van der Waals surface area contributed by atoms with Crippen LogP contribution in [0.2, 0.25) is 0 Å². The van der Waals surface area contributed by atoms with Crippen LogP contribution in [-0.2, 0) is 4.79 Å². The van der Waals surface area contributed by atoms with Gasteiger partial charge in [0.1, 0.15) is 23.1 Å². The Balaban J connectivity index is 2.00. The van der Waals surface area contributed by atoms with E-state index in [1.54, 1.807) is 26.4 Å². The predicted molar refractivity (Wildman–Crippen MR) is 97.7 cm³/mol. The Bertz CT molecular complexity index is 736. The van der Waals surface area contributed by atoms with Crippen molar-refractivity contribution in [3.8, 4) is 11.5 Å². The molecule has 0 aliphatic heterocycles. The van der Waals surface area contributed by atoms with Crippen LogP contribution in [0.25, 0.3) is 0 Å². The molecule has 0 unspecified atom stereocenters. The summed E-state index contributed by atoms with van der Waals surface area (Å²) >= 11 is 1.16. The van der Waals surface area contributed by atoms with Crippen molar-refractivity contribution >= 4 is 29.3 Å². The number of thioether (sulfide) groups is 1. The second kappa shape index (κ2) is 8.43.